The number of hydrogen-bond donors (Lipinski definition) is 0. The van der Waals surface area contributed by atoms with Crippen LogP contribution in [0.15, 0.2) is 48.5 Å². The largest absolute Gasteiger partial charge is 0.454 e. The summed E-state index contributed by atoms with van der Waals surface area (Å²) in [4.78, 5) is 15.6. The third-order valence-electron chi connectivity index (χ3n) is 5.98. The summed E-state index contributed by atoms with van der Waals surface area (Å²) in [7, 11) is 0. The van der Waals surface area contributed by atoms with Crippen LogP contribution in [0.3, 0.4) is 0 Å². The van der Waals surface area contributed by atoms with E-state index in [9.17, 15) is 4.79 Å². The third kappa shape index (κ3) is 2.20. The molecule has 0 aromatic heterocycles. The van der Waals surface area contributed by atoms with Gasteiger partial charge in [0.1, 0.15) is 5.54 Å². The number of rotatable bonds is 3. The summed E-state index contributed by atoms with van der Waals surface area (Å²) >= 11 is 0. The van der Waals surface area contributed by atoms with Crippen molar-refractivity contribution in [2.24, 2.45) is 0 Å². The average molecular weight is 335 g/mol. The normalized spacial score (nSPS) is 27.7. The zero-order valence-corrected chi connectivity index (χ0v) is 14.1. The highest BCUT2D eigenvalue weighted by Gasteiger charge is 2.55. The van der Waals surface area contributed by atoms with Gasteiger partial charge in [0.15, 0.2) is 17.3 Å². The quantitative estimate of drug-likeness (QED) is 0.858. The monoisotopic (exact) mass is 335 g/mol. The van der Waals surface area contributed by atoms with Gasteiger partial charge < -0.3 is 9.47 Å². The molecular formula is C21H21NO3. The van der Waals surface area contributed by atoms with Crippen LogP contribution in [0.2, 0.25) is 0 Å². The van der Waals surface area contributed by atoms with Crippen molar-refractivity contribution in [3.05, 3.63) is 59.7 Å². The van der Waals surface area contributed by atoms with Gasteiger partial charge >= 0.3 is 0 Å². The number of fused-ring (bicyclic) bond motifs is 3. The second-order valence-electron chi connectivity index (χ2n) is 7.20. The Hall–Kier alpha value is -2.33. The predicted octanol–water partition coefficient (Wildman–Crippen LogP) is 3.64. The maximum atomic E-state index is 13.2. The van der Waals surface area contributed by atoms with Gasteiger partial charge in [0, 0.05) is 19.0 Å². The fourth-order valence-corrected chi connectivity index (χ4v) is 4.76. The molecule has 2 bridgehead atoms. The minimum absolute atomic E-state index is 0.260. The molecule has 0 aliphatic carbocycles. The van der Waals surface area contributed by atoms with Gasteiger partial charge in [0.25, 0.3) is 0 Å². The Bertz CT molecular complexity index is 819. The van der Waals surface area contributed by atoms with Gasteiger partial charge in [-0.25, -0.2) is 0 Å². The summed E-state index contributed by atoms with van der Waals surface area (Å²) in [6.07, 6.45) is 3.61. The highest BCUT2D eigenvalue weighted by molar-refractivity contribution is 5.91. The molecule has 3 heterocycles. The first-order valence-corrected chi connectivity index (χ1v) is 9.01. The van der Waals surface area contributed by atoms with Crippen LogP contribution in [-0.2, 0) is 16.9 Å². The molecule has 0 amide bonds. The Morgan fingerprint density at radius 2 is 1.88 bits per heavy atom. The topological polar surface area (TPSA) is 38.8 Å². The van der Waals surface area contributed by atoms with Crippen LogP contribution in [0, 0.1) is 0 Å². The Kier molecular flexibility index (Phi) is 3.35. The Morgan fingerprint density at radius 3 is 2.76 bits per heavy atom. The Labute approximate surface area is 147 Å². The summed E-state index contributed by atoms with van der Waals surface area (Å²) in [6.45, 7) is 1.07. The van der Waals surface area contributed by atoms with Crippen LogP contribution in [0.4, 0.5) is 0 Å². The van der Waals surface area contributed by atoms with Crippen LogP contribution < -0.4 is 9.47 Å². The van der Waals surface area contributed by atoms with Crippen LogP contribution in [0.1, 0.15) is 36.8 Å². The smallest absolute Gasteiger partial charge is 0.231 e. The molecule has 0 saturated carbocycles. The minimum Gasteiger partial charge on any atom is -0.454 e. The SMILES string of the molecule is O=C1CCC2CCC1(c1ccc3c(c1)OCO3)N2Cc1ccccc1. The molecule has 2 fully saturated rings. The van der Waals surface area contributed by atoms with Gasteiger partial charge in [-0.2, -0.15) is 0 Å². The van der Waals surface area contributed by atoms with E-state index in [1.807, 2.05) is 18.2 Å². The third-order valence-corrected chi connectivity index (χ3v) is 5.98. The van der Waals surface area contributed by atoms with Crippen molar-refractivity contribution < 1.29 is 14.3 Å². The van der Waals surface area contributed by atoms with Gasteiger partial charge in [0.2, 0.25) is 6.79 Å². The van der Waals surface area contributed by atoms with Gasteiger partial charge in [0.05, 0.1) is 0 Å². The molecule has 5 rings (SSSR count). The number of nitrogens with zero attached hydrogens (tertiary/aromatic N) is 1. The molecule has 0 N–H and O–H groups in total. The second kappa shape index (κ2) is 5.60. The maximum Gasteiger partial charge on any atom is 0.231 e. The molecule has 2 saturated heterocycles. The van der Waals surface area contributed by atoms with E-state index in [1.54, 1.807) is 0 Å². The summed E-state index contributed by atoms with van der Waals surface area (Å²) in [5.41, 5.74) is 1.80. The lowest BCUT2D eigenvalue weighted by atomic mass is 9.80. The van der Waals surface area contributed by atoms with Crippen molar-refractivity contribution >= 4 is 5.78 Å². The van der Waals surface area contributed by atoms with Gasteiger partial charge in [-0.15, -0.1) is 0 Å². The summed E-state index contributed by atoms with van der Waals surface area (Å²) in [6, 6.07) is 17.0. The molecule has 4 heteroatoms. The molecule has 0 radical (unpaired) electrons. The number of benzene rings is 2. The molecule has 4 nitrogen and oxygen atoms in total. The number of piperidine rings is 1. The fourth-order valence-electron chi connectivity index (χ4n) is 4.76. The van der Waals surface area contributed by atoms with Crippen LogP contribution in [0.25, 0.3) is 0 Å². The molecule has 3 aliphatic heterocycles. The van der Waals surface area contributed by atoms with Gasteiger partial charge in [-0.3, -0.25) is 9.69 Å². The molecule has 25 heavy (non-hydrogen) atoms. The zero-order valence-electron chi connectivity index (χ0n) is 14.1. The maximum absolute atomic E-state index is 13.2. The van der Waals surface area contributed by atoms with Crippen LogP contribution in [0.5, 0.6) is 11.5 Å². The van der Waals surface area contributed by atoms with E-state index in [4.69, 9.17) is 9.47 Å². The summed E-state index contributed by atoms with van der Waals surface area (Å²) < 4.78 is 11.0. The first kappa shape index (κ1) is 15.0. The molecule has 2 aromatic rings. The molecule has 2 unspecified atom stereocenters. The zero-order chi connectivity index (χ0) is 16.9. The number of ether oxygens (including phenoxy) is 2. The molecule has 2 aromatic carbocycles. The predicted molar refractivity (Wildman–Crippen MR) is 93.5 cm³/mol. The van der Waals surface area contributed by atoms with Crippen molar-refractivity contribution in [2.45, 2.75) is 43.8 Å². The van der Waals surface area contributed by atoms with Crippen molar-refractivity contribution in [1.29, 1.82) is 0 Å². The van der Waals surface area contributed by atoms with E-state index < -0.39 is 5.54 Å². The lowest BCUT2D eigenvalue weighted by molar-refractivity contribution is -0.135. The highest BCUT2D eigenvalue weighted by Crippen LogP contribution is 2.50. The van der Waals surface area contributed by atoms with Crippen molar-refractivity contribution in [2.75, 3.05) is 6.79 Å². The Morgan fingerprint density at radius 1 is 1.04 bits per heavy atom. The molecule has 2 atom stereocenters. The molecule has 0 spiro atoms. The van der Waals surface area contributed by atoms with Crippen LogP contribution >= 0.6 is 0 Å². The van der Waals surface area contributed by atoms with Crippen molar-refractivity contribution in [3.8, 4) is 11.5 Å². The average Bonchev–Trinajstić information content (AvgIpc) is 3.21. The number of hydrogen-bond acceptors (Lipinski definition) is 4. The molecule has 3 aliphatic rings. The number of Topliss-reactive ketones (excluding diaryl/α,β-unsaturated/α-hetero) is 1. The summed E-state index contributed by atoms with van der Waals surface area (Å²) in [5.74, 6) is 1.87. The van der Waals surface area contributed by atoms with E-state index in [-0.39, 0.29) is 6.79 Å². The van der Waals surface area contributed by atoms with Crippen molar-refractivity contribution in [1.82, 2.24) is 4.90 Å². The molecule has 128 valence electrons. The lowest BCUT2D eigenvalue weighted by Crippen LogP contribution is -2.53. The highest BCUT2D eigenvalue weighted by atomic mass is 16.7. The first-order chi connectivity index (χ1) is 12.3. The fraction of sp³-hybridized carbons (Fsp3) is 0.381. The number of carbonyl (C=O) groups is 1. The van der Waals surface area contributed by atoms with E-state index >= 15 is 0 Å². The van der Waals surface area contributed by atoms with E-state index in [1.165, 1.54) is 5.56 Å². The minimum atomic E-state index is -0.514. The number of ketones is 1. The van der Waals surface area contributed by atoms with Gasteiger partial charge in [-0.1, -0.05) is 36.4 Å². The standard InChI is InChI=1S/C21H21NO3/c23-20-9-7-17-10-11-21(20,22(17)13-15-4-2-1-3-5-15)16-6-8-18-19(12-16)25-14-24-18/h1-6,8,12,17H,7,9-11,13-14H2. The summed E-state index contributed by atoms with van der Waals surface area (Å²) in [5, 5.41) is 0. The van der Waals surface area contributed by atoms with E-state index in [2.05, 4.69) is 35.2 Å². The first-order valence-electron chi connectivity index (χ1n) is 9.01. The van der Waals surface area contributed by atoms with Crippen LogP contribution in [-0.4, -0.2) is 23.5 Å². The molecular weight excluding hydrogens is 314 g/mol. The number of carbonyl (C=O) groups excluding carboxylic acids is 1. The van der Waals surface area contributed by atoms with E-state index in [0.29, 0.717) is 18.2 Å². The Balaban J connectivity index is 1.58. The lowest BCUT2D eigenvalue weighted by Gasteiger charge is -2.44. The van der Waals surface area contributed by atoms with Crippen molar-refractivity contribution in [3.63, 3.8) is 0 Å². The second-order valence-corrected chi connectivity index (χ2v) is 7.20. The van der Waals surface area contributed by atoms with E-state index in [0.717, 1.165) is 42.9 Å². The van der Waals surface area contributed by atoms with Gasteiger partial charge in [-0.05, 0) is 42.5 Å².